The van der Waals surface area contributed by atoms with Gasteiger partial charge in [0.2, 0.25) is 5.91 Å². The zero-order valence-corrected chi connectivity index (χ0v) is 21.5. The van der Waals surface area contributed by atoms with Crippen molar-refractivity contribution in [3.05, 3.63) is 76.8 Å². The van der Waals surface area contributed by atoms with Crippen LogP contribution in [0, 0.1) is 6.92 Å². The van der Waals surface area contributed by atoms with E-state index in [1.807, 2.05) is 39.0 Å². The van der Waals surface area contributed by atoms with Gasteiger partial charge in [-0.2, -0.15) is 0 Å². The van der Waals surface area contributed by atoms with Crippen LogP contribution in [0.4, 0.5) is 11.4 Å². The van der Waals surface area contributed by atoms with Crippen molar-refractivity contribution >= 4 is 38.9 Å². The molecule has 0 aliphatic rings. The van der Waals surface area contributed by atoms with Gasteiger partial charge in [-0.25, -0.2) is 8.42 Å². The molecule has 0 aromatic heterocycles. The Labute approximate surface area is 211 Å². The molecule has 0 aliphatic carbocycles. The Kier molecular flexibility index (Phi) is 9.01. The molecule has 3 aromatic carbocycles. The van der Waals surface area contributed by atoms with Crippen molar-refractivity contribution < 1.29 is 22.7 Å². The van der Waals surface area contributed by atoms with Crippen LogP contribution in [0.2, 0.25) is 5.02 Å². The number of benzene rings is 3. The highest BCUT2D eigenvalue weighted by Crippen LogP contribution is 2.29. The highest BCUT2D eigenvalue weighted by Gasteiger charge is 2.15. The van der Waals surface area contributed by atoms with Gasteiger partial charge in [0.05, 0.1) is 23.8 Å². The number of aryl methyl sites for hydroxylation is 2. The first kappa shape index (κ1) is 26.4. The molecule has 2 N–H and O–H groups in total. The molecule has 186 valence electrons. The smallest absolute Gasteiger partial charge is 0.261 e. The number of sulfonamides is 1. The van der Waals surface area contributed by atoms with E-state index in [-0.39, 0.29) is 17.2 Å². The second-order valence-electron chi connectivity index (χ2n) is 7.79. The molecule has 0 unspecified atom stereocenters. The molecule has 7 nitrogen and oxygen atoms in total. The van der Waals surface area contributed by atoms with E-state index in [1.54, 1.807) is 30.3 Å². The summed E-state index contributed by atoms with van der Waals surface area (Å²) in [6.45, 7) is 6.71. The summed E-state index contributed by atoms with van der Waals surface area (Å²) < 4.78 is 39.0. The number of anilines is 2. The summed E-state index contributed by atoms with van der Waals surface area (Å²) in [5.41, 5.74) is 2.69. The molecule has 0 heterocycles. The van der Waals surface area contributed by atoms with E-state index in [0.717, 1.165) is 11.1 Å². The van der Waals surface area contributed by atoms with Crippen molar-refractivity contribution in [1.29, 1.82) is 0 Å². The highest BCUT2D eigenvalue weighted by atomic mass is 35.5. The third-order valence-corrected chi connectivity index (χ3v) is 6.93. The van der Waals surface area contributed by atoms with Gasteiger partial charge < -0.3 is 14.8 Å². The Bertz CT molecular complexity index is 1280. The molecule has 3 rings (SSSR count). The van der Waals surface area contributed by atoms with E-state index in [9.17, 15) is 13.2 Å². The summed E-state index contributed by atoms with van der Waals surface area (Å²) in [7, 11) is -3.79. The summed E-state index contributed by atoms with van der Waals surface area (Å²) in [6.07, 6.45) is 0.781. The minimum absolute atomic E-state index is 0.0741. The summed E-state index contributed by atoms with van der Waals surface area (Å²) in [5, 5.41) is 3.27. The van der Waals surface area contributed by atoms with E-state index >= 15 is 0 Å². The molecule has 3 aromatic rings. The lowest BCUT2D eigenvalue weighted by Crippen LogP contribution is -2.14. The molecule has 9 heteroatoms. The fourth-order valence-electron chi connectivity index (χ4n) is 3.32. The number of ether oxygens (including phenoxy) is 2. The van der Waals surface area contributed by atoms with Crippen LogP contribution in [0.5, 0.6) is 11.5 Å². The van der Waals surface area contributed by atoms with Crippen molar-refractivity contribution in [3.63, 3.8) is 0 Å². The molecule has 0 radical (unpaired) electrons. The van der Waals surface area contributed by atoms with Crippen LogP contribution < -0.4 is 19.5 Å². The number of hydrogen-bond acceptors (Lipinski definition) is 5. The Balaban J connectivity index is 1.58. The lowest BCUT2D eigenvalue weighted by atomic mass is 10.1. The fraction of sp³-hybridized carbons (Fsp3) is 0.269. The first-order valence-corrected chi connectivity index (χ1v) is 13.2. The van der Waals surface area contributed by atoms with Crippen LogP contribution in [0.1, 0.15) is 31.4 Å². The predicted molar refractivity (Wildman–Crippen MR) is 139 cm³/mol. The number of nitrogens with one attached hydrogen (secondary N) is 2. The largest absolute Gasteiger partial charge is 0.490 e. The minimum atomic E-state index is -3.79. The number of amides is 1. The molecule has 0 fully saturated rings. The summed E-state index contributed by atoms with van der Waals surface area (Å²) in [5.74, 6) is 1.16. The van der Waals surface area contributed by atoms with Gasteiger partial charge in [0, 0.05) is 17.1 Å². The van der Waals surface area contributed by atoms with E-state index in [2.05, 4.69) is 10.0 Å². The minimum Gasteiger partial charge on any atom is -0.490 e. The summed E-state index contributed by atoms with van der Waals surface area (Å²) in [4.78, 5) is 12.5. The van der Waals surface area contributed by atoms with Crippen molar-refractivity contribution in [2.24, 2.45) is 0 Å². The molecule has 0 spiro atoms. The predicted octanol–water partition coefficient (Wildman–Crippen LogP) is 5.82. The van der Waals surface area contributed by atoms with Gasteiger partial charge >= 0.3 is 0 Å². The molecule has 0 atom stereocenters. The van der Waals surface area contributed by atoms with Crippen LogP contribution >= 0.6 is 11.6 Å². The third kappa shape index (κ3) is 7.37. The number of carbonyl (C=O) groups excluding carboxylic acids is 1. The van der Waals surface area contributed by atoms with Crippen LogP contribution in [-0.4, -0.2) is 27.5 Å². The van der Waals surface area contributed by atoms with Gasteiger partial charge in [0.25, 0.3) is 10.0 Å². The van der Waals surface area contributed by atoms with Gasteiger partial charge in [0.15, 0.2) is 11.5 Å². The van der Waals surface area contributed by atoms with E-state index < -0.39 is 10.0 Å². The van der Waals surface area contributed by atoms with E-state index in [1.165, 1.54) is 12.1 Å². The zero-order valence-electron chi connectivity index (χ0n) is 19.9. The van der Waals surface area contributed by atoms with Crippen LogP contribution in [0.25, 0.3) is 0 Å². The molecular formula is C26H29ClN2O5S. The second kappa shape index (κ2) is 12.0. The Morgan fingerprint density at radius 2 is 1.54 bits per heavy atom. The molecule has 0 saturated heterocycles. The summed E-state index contributed by atoms with van der Waals surface area (Å²) >= 11 is 6.08. The molecule has 35 heavy (non-hydrogen) atoms. The number of carbonyl (C=O) groups is 1. The topological polar surface area (TPSA) is 93.7 Å². The Hall–Kier alpha value is -3.23. The Morgan fingerprint density at radius 1 is 0.886 bits per heavy atom. The van der Waals surface area contributed by atoms with E-state index in [4.69, 9.17) is 21.1 Å². The number of rotatable bonds is 11. The lowest BCUT2D eigenvalue weighted by Gasteiger charge is -2.12. The second-order valence-corrected chi connectivity index (χ2v) is 9.88. The van der Waals surface area contributed by atoms with Gasteiger partial charge in [-0.05, 0) is 86.8 Å². The van der Waals surface area contributed by atoms with E-state index in [0.29, 0.717) is 47.5 Å². The van der Waals surface area contributed by atoms with Crippen molar-refractivity contribution in [2.75, 3.05) is 23.3 Å². The maximum absolute atomic E-state index is 12.7. The third-order valence-electron chi connectivity index (χ3n) is 5.12. The van der Waals surface area contributed by atoms with Crippen molar-refractivity contribution in [1.82, 2.24) is 0 Å². The van der Waals surface area contributed by atoms with Gasteiger partial charge in [-0.3, -0.25) is 9.52 Å². The molecule has 1 amide bonds. The monoisotopic (exact) mass is 516 g/mol. The molecule has 0 saturated carbocycles. The molecule has 0 bridgehead atoms. The van der Waals surface area contributed by atoms with Gasteiger partial charge in [-0.1, -0.05) is 23.7 Å². The standard InChI is InChI=1S/C26H29ClN2O5S/c1-4-33-24-14-7-19(16-25(24)34-5-2)8-15-26(30)28-20-10-12-22(13-11-20)35(31,32)29-21-9-6-18(3)23(27)17-21/h6-7,9-14,16-17,29H,4-5,8,15H2,1-3H3,(H,28,30). The number of hydrogen-bond donors (Lipinski definition) is 2. The fourth-order valence-corrected chi connectivity index (χ4v) is 4.55. The maximum Gasteiger partial charge on any atom is 0.261 e. The molecule has 0 aliphatic heterocycles. The zero-order chi connectivity index (χ0) is 25.4. The van der Waals surface area contributed by atoms with Crippen LogP contribution in [-0.2, 0) is 21.2 Å². The first-order valence-electron chi connectivity index (χ1n) is 11.3. The SMILES string of the molecule is CCOc1ccc(CCC(=O)Nc2ccc(S(=O)(=O)Nc3ccc(C)c(Cl)c3)cc2)cc1OCC. The average Bonchev–Trinajstić information content (AvgIpc) is 2.82. The van der Waals surface area contributed by atoms with Crippen LogP contribution in [0.15, 0.2) is 65.6 Å². The quantitative estimate of drug-likeness (QED) is 0.335. The molecular weight excluding hydrogens is 488 g/mol. The average molecular weight is 517 g/mol. The lowest BCUT2D eigenvalue weighted by molar-refractivity contribution is -0.116. The number of halogens is 1. The maximum atomic E-state index is 12.7. The van der Waals surface area contributed by atoms with Crippen molar-refractivity contribution in [2.45, 2.75) is 38.5 Å². The van der Waals surface area contributed by atoms with Gasteiger partial charge in [0.1, 0.15) is 0 Å². The Morgan fingerprint density at radius 3 is 2.20 bits per heavy atom. The van der Waals surface area contributed by atoms with Gasteiger partial charge in [-0.15, -0.1) is 0 Å². The first-order chi connectivity index (χ1) is 16.7. The normalized spacial score (nSPS) is 11.1. The summed E-state index contributed by atoms with van der Waals surface area (Å²) in [6, 6.07) is 16.6. The van der Waals surface area contributed by atoms with Crippen LogP contribution in [0.3, 0.4) is 0 Å². The van der Waals surface area contributed by atoms with Crippen molar-refractivity contribution in [3.8, 4) is 11.5 Å². The highest BCUT2D eigenvalue weighted by molar-refractivity contribution is 7.92.